The van der Waals surface area contributed by atoms with E-state index in [2.05, 4.69) is 6.92 Å². The first kappa shape index (κ1) is 22.8. The molecule has 2 unspecified atom stereocenters. The van der Waals surface area contributed by atoms with Crippen LogP contribution in [0.2, 0.25) is 0 Å². The van der Waals surface area contributed by atoms with Crippen LogP contribution in [0.4, 0.5) is 0 Å². The van der Waals surface area contributed by atoms with Gasteiger partial charge in [-0.05, 0) is 18.9 Å². The van der Waals surface area contributed by atoms with E-state index in [0.717, 1.165) is 19.3 Å². The predicted molar refractivity (Wildman–Crippen MR) is 90.8 cm³/mol. The van der Waals surface area contributed by atoms with Gasteiger partial charge in [-0.1, -0.05) is 45.1 Å². The van der Waals surface area contributed by atoms with Crippen LogP contribution in [0.15, 0.2) is 12.2 Å². The van der Waals surface area contributed by atoms with Crippen molar-refractivity contribution >= 4 is 11.8 Å². The summed E-state index contributed by atoms with van der Waals surface area (Å²) in [5.41, 5.74) is -2.39. The first-order valence-corrected chi connectivity index (χ1v) is 8.68. The summed E-state index contributed by atoms with van der Waals surface area (Å²) in [6, 6.07) is 0. The zero-order chi connectivity index (χ0) is 18.8. The molecule has 0 aliphatic rings. The maximum Gasteiger partial charge on any atom is 0.227 e. The first-order chi connectivity index (χ1) is 11.1. The number of aliphatic hydroxyl groups is 2. The Morgan fingerprint density at radius 3 is 2.17 bits per heavy atom. The van der Waals surface area contributed by atoms with E-state index < -0.39 is 30.0 Å². The summed E-state index contributed by atoms with van der Waals surface area (Å²) >= 11 is 0. The van der Waals surface area contributed by atoms with Gasteiger partial charge in [-0.25, -0.2) is 0 Å². The molecule has 0 saturated carbocycles. The molecule has 0 spiro atoms. The highest BCUT2D eigenvalue weighted by Gasteiger charge is 2.49. The van der Waals surface area contributed by atoms with Crippen molar-refractivity contribution in [1.29, 1.82) is 0 Å². The lowest BCUT2D eigenvalue weighted by atomic mass is 9.90. The fourth-order valence-corrected chi connectivity index (χ4v) is 2.54. The number of carboxylic acid groups (broad SMARTS) is 1. The fraction of sp³-hybridized carbons (Fsp3) is 0.778. The summed E-state index contributed by atoms with van der Waals surface area (Å²) in [5.74, 6) is -2.39. The average Bonchev–Trinajstić information content (AvgIpc) is 2.47. The number of hydrogen-bond donors (Lipinski definition) is 2. The quantitative estimate of drug-likeness (QED) is 0.223. The Morgan fingerprint density at radius 2 is 1.67 bits per heavy atom. The Morgan fingerprint density at radius 1 is 1.12 bits per heavy atom. The molecule has 24 heavy (non-hydrogen) atoms. The third kappa shape index (κ3) is 8.04. The van der Waals surface area contributed by atoms with E-state index in [1.807, 2.05) is 0 Å². The number of ketones is 1. The van der Waals surface area contributed by atoms with Gasteiger partial charge in [0, 0.05) is 12.4 Å². The van der Waals surface area contributed by atoms with Crippen molar-refractivity contribution in [1.82, 2.24) is 0 Å². The Bertz CT molecular complexity index is 428. The van der Waals surface area contributed by atoms with Crippen molar-refractivity contribution in [2.75, 3.05) is 21.1 Å². The van der Waals surface area contributed by atoms with Gasteiger partial charge in [0.1, 0.15) is 0 Å². The van der Waals surface area contributed by atoms with E-state index in [4.69, 9.17) is 0 Å². The van der Waals surface area contributed by atoms with E-state index in [-0.39, 0.29) is 4.48 Å². The molecule has 0 aromatic heterocycles. The molecular formula is C18H33NO5. The van der Waals surface area contributed by atoms with Crippen LogP contribution in [-0.4, -0.2) is 59.4 Å². The Balaban J connectivity index is 4.67. The summed E-state index contributed by atoms with van der Waals surface area (Å²) in [7, 11) is 4.70. The minimum Gasteiger partial charge on any atom is -0.550 e. The number of carbonyl (C=O) groups excluding carboxylic acids is 2. The molecular weight excluding hydrogens is 310 g/mol. The molecule has 0 heterocycles. The molecule has 0 fully saturated rings. The summed E-state index contributed by atoms with van der Waals surface area (Å²) in [6.45, 7) is 2.16. The smallest absolute Gasteiger partial charge is 0.227 e. The lowest BCUT2D eigenvalue weighted by Gasteiger charge is -2.39. The molecule has 0 saturated heterocycles. The molecule has 0 amide bonds. The SMILES string of the molecule is CCCCCCCCC=CC(=O)C(O)(CC(=O)[O-])C(O)[N+](C)(C)C. The standard InChI is InChI=1S/C18H33NO5/c1-5-6-7-8-9-10-11-12-13-15(20)18(24,14-16(21)22)17(23)19(2,3)4/h12-13,17,23-24H,5-11,14H2,1-4H3. The highest BCUT2D eigenvalue weighted by atomic mass is 16.4. The fourth-order valence-electron chi connectivity index (χ4n) is 2.54. The maximum atomic E-state index is 12.3. The average molecular weight is 343 g/mol. The van der Waals surface area contributed by atoms with Crippen molar-refractivity contribution < 1.29 is 29.4 Å². The molecule has 2 N–H and O–H groups in total. The second-order valence-corrected chi connectivity index (χ2v) is 7.29. The van der Waals surface area contributed by atoms with Crippen molar-refractivity contribution in [3.05, 3.63) is 12.2 Å². The van der Waals surface area contributed by atoms with E-state index in [9.17, 15) is 24.9 Å². The monoisotopic (exact) mass is 343 g/mol. The molecule has 0 bridgehead atoms. The van der Waals surface area contributed by atoms with Crippen LogP contribution in [0, 0.1) is 0 Å². The van der Waals surface area contributed by atoms with Crippen LogP contribution in [0.3, 0.4) is 0 Å². The van der Waals surface area contributed by atoms with Gasteiger partial charge in [0.2, 0.25) is 11.8 Å². The number of rotatable bonds is 13. The number of carboxylic acids is 1. The number of hydrogen-bond acceptors (Lipinski definition) is 5. The molecule has 0 radical (unpaired) electrons. The van der Waals surface area contributed by atoms with Gasteiger partial charge in [0.05, 0.1) is 21.1 Å². The second kappa shape index (κ2) is 10.6. The predicted octanol–water partition coefficient (Wildman–Crippen LogP) is 0.758. The highest BCUT2D eigenvalue weighted by molar-refractivity contribution is 5.99. The Labute approximate surface area is 145 Å². The van der Waals surface area contributed by atoms with E-state index in [0.29, 0.717) is 6.42 Å². The Hall–Kier alpha value is -1.24. The largest absolute Gasteiger partial charge is 0.550 e. The normalized spacial score (nSPS) is 16.1. The van der Waals surface area contributed by atoms with Gasteiger partial charge in [-0.3, -0.25) is 4.79 Å². The van der Waals surface area contributed by atoms with E-state index in [1.54, 1.807) is 27.2 Å². The molecule has 0 aliphatic carbocycles. The van der Waals surface area contributed by atoms with Crippen LogP contribution in [0.25, 0.3) is 0 Å². The van der Waals surface area contributed by atoms with Gasteiger partial charge in [0.15, 0.2) is 5.78 Å². The van der Waals surface area contributed by atoms with Gasteiger partial charge >= 0.3 is 0 Å². The number of allylic oxidation sites excluding steroid dienone is 1. The molecule has 0 rings (SSSR count). The maximum absolute atomic E-state index is 12.3. The number of unbranched alkanes of at least 4 members (excludes halogenated alkanes) is 6. The number of aliphatic carboxylic acids is 1. The van der Waals surface area contributed by atoms with Gasteiger partial charge in [-0.2, -0.15) is 0 Å². The van der Waals surface area contributed by atoms with Crippen LogP contribution >= 0.6 is 0 Å². The van der Waals surface area contributed by atoms with Gasteiger partial charge < -0.3 is 24.6 Å². The molecule has 140 valence electrons. The summed E-state index contributed by atoms with van der Waals surface area (Å²) in [5, 5.41) is 31.6. The number of likely N-dealkylation sites (N-methyl/N-ethyl adjacent to an activating group) is 1. The third-order valence-electron chi connectivity index (χ3n) is 3.99. The van der Waals surface area contributed by atoms with Gasteiger partial charge in [-0.15, -0.1) is 0 Å². The van der Waals surface area contributed by atoms with Crippen molar-refractivity contribution in [2.24, 2.45) is 0 Å². The molecule has 2 atom stereocenters. The molecule has 6 heteroatoms. The van der Waals surface area contributed by atoms with Crippen LogP contribution in [-0.2, 0) is 9.59 Å². The lowest BCUT2D eigenvalue weighted by molar-refractivity contribution is -0.925. The van der Waals surface area contributed by atoms with E-state index in [1.165, 1.54) is 25.3 Å². The zero-order valence-corrected chi connectivity index (χ0v) is 15.5. The summed E-state index contributed by atoms with van der Waals surface area (Å²) in [6.07, 6.45) is 7.77. The molecule has 6 nitrogen and oxygen atoms in total. The lowest BCUT2D eigenvalue weighted by Crippen LogP contribution is -2.63. The summed E-state index contributed by atoms with van der Waals surface area (Å²) < 4.78 is -0.166. The number of quaternary nitrogens is 1. The molecule has 0 aliphatic heterocycles. The first-order valence-electron chi connectivity index (χ1n) is 8.68. The van der Waals surface area contributed by atoms with Crippen LogP contribution < -0.4 is 5.11 Å². The van der Waals surface area contributed by atoms with Gasteiger partial charge in [0.25, 0.3) is 0 Å². The van der Waals surface area contributed by atoms with Crippen LogP contribution in [0.5, 0.6) is 0 Å². The Kier molecular flexibility index (Phi) is 10.0. The second-order valence-electron chi connectivity index (χ2n) is 7.29. The van der Waals surface area contributed by atoms with Crippen molar-refractivity contribution in [3.8, 4) is 0 Å². The number of nitrogens with zero attached hydrogens (tertiary/aromatic N) is 1. The molecule has 0 aromatic rings. The van der Waals surface area contributed by atoms with Crippen molar-refractivity contribution in [2.45, 2.75) is 70.1 Å². The minimum absolute atomic E-state index is 0.166. The van der Waals surface area contributed by atoms with Crippen LogP contribution in [0.1, 0.15) is 58.3 Å². The minimum atomic E-state index is -2.39. The number of carbonyl (C=O) groups is 2. The zero-order valence-electron chi connectivity index (χ0n) is 15.5. The molecule has 0 aromatic carbocycles. The van der Waals surface area contributed by atoms with E-state index >= 15 is 0 Å². The third-order valence-corrected chi connectivity index (χ3v) is 3.99. The van der Waals surface area contributed by atoms with Crippen molar-refractivity contribution in [3.63, 3.8) is 0 Å². The summed E-state index contributed by atoms with van der Waals surface area (Å²) in [4.78, 5) is 23.2. The highest BCUT2D eigenvalue weighted by Crippen LogP contribution is 2.23. The topological polar surface area (TPSA) is 97.7 Å². The number of aliphatic hydroxyl groups excluding tert-OH is 1.